The van der Waals surface area contributed by atoms with Crippen molar-refractivity contribution in [1.82, 2.24) is 0 Å². The van der Waals surface area contributed by atoms with Gasteiger partial charge in [-0.1, -0.05) is 388 Å². The fourth-order valence-corrected chi connectivity index (χ4v) is 14.3. The second kappa shape index (κ2) is 74.9. The van der Waals surface area contributed by atoms with Gasteiger partial charge in [0.2, 0.25) is 0 Å². The van der Waals surface area contributed by atoms with Crippen LogP contribution in [0.5, 0.6) is 0 Å². The Labute approximate surface area is 619 Å². The van der Waals surface area contributed by atoms with E-state index in [0.29, 0.717) is 25.7 Å². The lowest BCUT2D eigenvalue weighted by molar-refractivity contribution is -0.161. The van der Waals surface area contributed by atoms with E-state index >= 15 is 0 Å². The summed E-state index contributed by atoms with van der Waals surface area (Å²) in [6.07, 6.45) is 67.2. The number of hydrogen-bond donors (Lipinski definition) is 3. The second-order valence-corrected chi connectivity index (χ2v) is 32.9. The average molecular weight is 1480 g/mol. The van der Waals surface area contributed by atoms with Gasteiger partial charge < -0.3 is 33.8 Å². The molecule has 0 radical (unpaired) electrons. The predicted molar refractivity (Wildman–Crippen MR) is 414 cm³/mol. The number of phosphoric acid groups is 2. The van der Waals surface area contributed by atoms with E-state index in [9.17, 15) is 43.2 Å². The van der Waals surface area contributed by atoms with Crippen molar-refractivity contribution in [2.75, 3.05) is 39.6 Å². The topological polar surface area (TPSA) is 237 Å². The van der Waals surface area contributed by atoms with Gasteiger partial charge in [-0.2, -0.15) is 0 Å². The van der Waals surface area contributed by atoms with Gasteiger partial charge in [-0.05, 0) is 31.6 Å². The standard InChI is InChI=1S/C82H160O17P2/c1-6-9-12-15-17-19-21-23-25-27-28-29-30-32-36-41-45-49-53-58-63-68-82(87)99-78(72-93-80(85)66-61-56-51-47-43-39-37-33-34-38-42-46-50-55-59-64-75(4)5)74-97-101(90,91)95-70-76(83)69-94-100(88,89)96-73-77(71-92-79(84)65-60-54-14-11-8-3)98-81(86)67-62-57-52-48-44-40-35-31-26-24-22-20-18-16-13-10-7-2/h75-78,83H,6-74H2,1-5H3,(H,88,89)(H,90,91)/t76-,77+,78+/m0/s1. The molecule has 0 amide bonds. The maximum Gasteiger partial charge on any atom is 0.472 e. The average Bonchev–Trinajstić information content (AvgIpc) is 1.01. The molecular formula is C82H160O17P2. The maximum absolute atomic E-state index is 13.1. The number of aliphatic hydroxyl groups is 1. The van der Waals surface area contributed by atoms with Gasteiger partial charge in [-0.3, -0.25) is 37.3 Å². The molecule has 17 nitrogen and oxygen atoms in total. The van der Waals surface area contributed by atoms with Crippen LogP contribution < -0.4 is 0 Å². The number of phosphoric ester groups is 2. The van der Waals surface area contributed by atoms with E-state index in [2.05, 4.69) is 34.6 Å². The molecule has 0 aliphatic rings. The van der Waals surface area contributed by atoms with Crippen LogP contribution in [0, 0.1) is 5.92 Å². The molecule has 3 N–H and O–H groups in total. The number of ether oxygens (including phenoxy) is 4. The molecule has 5 atom stereocenters. The molecule has 101 heavy (non-hydrogen) atoms. The van der Waals surface area contributed by atoms with Crippen LogP contribution in [0.15, 0.2) is 0 Å². The number of esters is 4. The van der Waals surface area contributed by atoms with Crippen molar-refractivity contribution in [3.05, 3.63) is 0 Å². The lowest BCUT2D eigenvalue weighted by atomic mass is 10.0. The summed E-state index contributed by atoms with van der Waals surface area (Å²) in [6, 6.07) is 0. The first-order chi connectivity index (χ1) is 49.0. The molecule has 0 aromatic rings. The first-order valence-corrected chi connectivity index (χ1v) is 45.6. The summed E-state index contributed by atoms with van der Waals surface area (Å²) >= 11 is 0. The lowest BCUT2D eigenvalue weighted by Gasteiger charge is -2.21. The van der Waals surface area contributed by atoms with Gasteiger partial charge in [-0.25, -0.2) is 9.13 Å². The molecule has 0 aliphatic heterocycles. The first kappa shape index (κ1) is 99.1. The Morgan fingerprint density at radius 1 is 0.267 bits per heavy atom. The molecule has 0 fully saturated rings. The van der Waals surface area contributed by atoms with Crippen molar-refractivity contribution >= 4 is 39.5 Å². The summed E-state index contributed by atoms with van der Waals surface area (Å²) in [5.74, 6) is -1.31. The third-order valence-corrected chi connectivity index (χ3v) is 21.2. The van der Waals surface area contributed by atoms with Crippen molar-refractivity contribution in [3.8, 4) is 0 Å². The van der Waals surface area contributed by atoms with E-state index < -0.39 is 97.5 Å². The highest BCUT2D eigenvalue weighted by Gasteiger charge is 2.30. The van der Waals surface area contributed by atoms with Crippen molar-refractivity contribution in [3.63, 3.8) is 0 Å². The fraction of sp³-hybridized carbons (Fsp3) is 0.951. The molecule has 0 saturated heterocycles. The van der Waals surface area contributed by atoms with Crippen molar-refractivity contribution in [2.45, 2.75) is 457 Å². The zero-order chi connectivity index (χ0) is 74.1. The predicted octanol–water partition coefficient (Wildman–Crippen LogP) is 24.8. The molecule has 600 valence electrons. The smallest absolute Gasteiger partial charge is 0.462 e. The molecule has 0 saturated carbocycles. The summed E-state index contributed by atoms with van der Waals surface area (Å²) in [7, 11) is -9.91. The fourth-order valence-electron chi connectivity index (χ4n) is 12.8. The van der Waals surface area contributed by atoms with Gasteiger partial charge in [0, 0.05) is 25.7 Å². The number of carbonyl (C=O) groups is 4. The zero-order valence-electron chi connectivity index (χ0n) is 66.1. The van der Waals surface area contributed by atoms with E-state index in [0.717, 1.165) is 102 Å². The van der Waals surface area contributed by atoms with Crippen molar-refractivity contribution in [2.24, 2.45) is 5.92 Å². The normalized spacial score (nSPS) is 13.8. The van der Waals surface area contributed by atoms with Crippen LogP contribution in [0.25, 0.3) is 0 Å². The third kappa shape index (κ3) is 76.1. The minimum atomic E-state index is -4.96. The van der Waals surface area contributed by atoms with Crippen molar-refractivity contribution in [1.29, 1.82) is 0 Å². The Kier molecular flexibility index (Phi) is 73.5. The Morgan fingerprint density at radius 3 is 0.673 bits per heavy atom. The van der Waals surface area contributed by atoms with Crippen LogP contribution in [0.3, 0.4) is 0 Å². The van der Waals surface area contributed by atoms with E-state index in [1.807, 2.05) is 0 Å². The van der Waals surface area contributed by atoms with E-state index in [-0.39, 0.29) is 25.7 Å². The lowest BCUT2D eigenvalue weighted by Crippen LogP contribution is -2.30. The molecule has 19 heteroatoms. The maximum atomic E-state index is 13.1. The molecule has 2 unspecified atom stereocenters. The molecule has 0 rings (SSSR count). The minimum absolute atomic E-state index is 0.108. The Hall–Kier alpha value is -1.94. The monoisotopic (exact) mass is 1480 g/mol. The van der Waals surface area contributed by atoms with E-state index in [1.165, 1.54) is 257 Å². The first-order valence-electron chi connectivity index (χ1n) is 42.6. The zero-order valence-corrected chi connectivity index (χ0v) is 67.8. The summed E-state index contributed by atoms with van der Waals surface area (Å²) in [5.41, 5.74) is 0. The number of unbranched alkanes of at least 4 members (excludes halogenated alkanes) is 54. The van der Waals surface area contributed by atoms with Gasteiger partial charge in [0.05, 0.1) is 26.4 Å². The van der Waals surface area contributed by atoms with E-state index in [4.69, 9.17) is 37.0 Å². The highest BCUT2D eigenvalue weighted by molar-refractivity contribution is 7.47. The Balaban J connectivity index is 5.11. The highest BCUT2D eigenvalue weighted by atomic mass is 31.2. The number of rotatable bonds is 82. The molecule has 0 spiro atoms. The van der Waals surface area contributed by atoms with Gasteiger partial charge in [0.25, 0.3) is 0 Å². The van der Waals surface area contributed by atoms with E-state index in [1.54, 1.807) is 0 Å². The molecule has 0 aliphatic carbocycles. The Morgan fingerprint density at radius 2 is 0.455 bits per heavy atom. The van der Waals surface area contributed by atoms with Crippen LogP contribution in [0.1, 0.15) is 439 Å². The number of carbonyl (C=O) groups excluding carboxylic acids is 4. The van der Waals surface area contributed by atoms with Crippen LogP contribution >= 0.6 is 15.6 Å². The number of aliphatic hydroxyl groups excluding tert-OH is 1. The summed E-state index contributed by atoms with van der Waals surface area (Å²) in [4.78, 5) is 72.8. The Bertz CT molecular complexity index is 1930. The number of hydrogen-bond acceptors (Lipinski definition) is 15. The SMILES string of the molecule is CCCCCCCCCCCCCCCCCCCCCCCC(=O)O[C@H](COC(=O)CCCCCCCCCCCCCCCCCC(C)C)COP(=O)(O)OC[C@@H](O)COP(=O)(O)OC[C@@H](COC(=O)CCCCCCC)OC(=O)CCCCCCCCCCCCCCCCCCC. The van der Waals surface area contributed by atoms with Crippen LogP contribution in [0.4, 0.5) is 0 Å². The molecule has 0 heterocycles. The largest absolute Gasteiger partial charge is 0.472 e. The quantitative estimate of drug-likeness (QED) is 0.0222. The van der Waals surface area contributed by atoms with Gasteiger partial charge in [0.1, 0.15) is 19.3 Å². The second-order valence-electron chi connectivity index (χ2n) is 30.0. The molecule has 0 bridgehead atoms. The molecule has 0 aromatic carbocycles. The highest BCUT2D eigenvalue weighted by Crippen LogP contribution is 2.45. The van der Waals surface area contributed by atoms with Crippen LogP contribution in [-0.2, 0) is 65.4 Å². The summed E-state index contributed by atoms with van der Waals surface area (Å²) in [5, 5.41) is 10.6. The molecule has 0 aromatic heterocycles. The minimum Gasteiger partial charge on any atom is -0.462 e. The molecular weight excluding hydrogens is 1320 g/mol. The van der Waals surface area contributed by atoms with Gasteiger partial charge >= 0.3 is 39.5 Å². The third-order valence-electron chi connectivity index (χ3n) is 19.3. The van der Waals surface area contributed by atoms with Crippen LogP contribution in [-0.4, -0.2) is 96.7 Å². The van der Waals surface area contributed by atoms with Crippen molar-refractivity contribution < 1.29 is 80.2 Å². The van der Waals surface area contributed by atoms with Crippen LogP contribution in [0.2, 0.25) is 0 Å². The van der Waals surface area contributed by atoms with Gasteiger partial charge in [0.15, 0.2) is 12.2 Å². The summed E-state index contributed by atoms with van der Waals surface area (Å²) < 4.78 is 68.5. The van der Waals surface area contributed by atoms with Gasteiger partial charge in [-0.15, -0.1) is 0 Å². The summed E-state index contributed by atoms with van der Waals surface area (Å²) in [6.45, 7) is 7.28.